The maximum Gasteiger partial charge on any atom is -0.00473 e. The number of hydrogen-bond donors (Lipinski definition) is 0. The average Bonchev–Trinajstić information content (AvgIpc) is 2.13. The van der Waals surface area contributed by atoms with E-state index in [-0.39, 0.29) is 0 Å². The average molecular weight is 134 g/mol. The van der Waals surface area contributed by atoms with Crippen molar-refractivity contribution in [2.75, 3.05) is 0 Å². The first-order valence-corrected chi connectivity index (χ1v) is 3.86. The molecule has 0 nitrogen and oxygen atoms in total. The van der Waals surface area contributed by atoms with E-state index in [4.69, 9.17) is 0 Å². The zero-order valence-electron chi connectivity index (χ0n) is 6.67. The second-order valence-electron chi connectivity index (χ2n) is 2.73. The lowest BCUT2D eigenvalue weighted by Gasteiger charge is -2.01. The molecule has 1 aliphatic carbocycles. The van der Waals surface area contributed by atoms with Gasteiger partial charge in [-0.25, -0.2) is 0 Å². The van der Waals surface area contributed by atoms with Gasteiger partial charge in [-0.15, -0.1) is 0 Å². The topological polar surface area (TPSA) is 0 Å². The quantitative estimate of drug-likeness (QED) is 0.517. The van der Waals surface area contributed by atoms with E-state index in [2.05, 4.69) is 44.2 Å². The number of allylic oxidation sites excluding steroid dienone is 6. The van der Waals surface area contributed by atoms with E-state index in [0.29, 0.717) is 5.92 Å². The Morgan fingerprint density at radius 1 is 1.40 bits per heavy atom. The number of rotatable bonds is 1. The van der Waals surface area contributed by atoms with Gasteiger partial charge in [0.2, 0.25) is 0 Å². The molecule has 0 aliphatic heterocycles. The van der Waals surface area contributed by atoms with Crippen LogP contribution < -0.4 is 0 Å². The number of hydrogen-bond acceptors (Lipinski definition) is 0. The molecule has 1 atom stereocenters. The monoisotopic (exact) mass is 134 g/mol. The maximum absolute atomic E-state index is 2.31. The fraction of sp³-hybridized carbons (Fsp3) is 0.400. The Morgan fingerprint density at radius 3 is 2.90 bits per heavy atom. The first-order chi connectivity index (χ1) is 4.83. The van der Waals surface area contributed by atoms with Gasteiger partial charge in [-0.3, -0.25) is 0 Å². The van der Waals surface area contributed by atoms with Crippen LogP contribution in [0.5, 0.6) is 0 Å². The van der Waals surface area contributed by atoms with Crippen LogP contribution in [-0.2, 0) is 0 Å². The molecule has 54 valence electrons. The Labute approximate surface area is 62.9 Å². The molecular weight excluding hydrogens is 120 g/mol. The van der Waals surface area contributed by atoms with Crippen molar-refractivity contribution < 1.29 is 0 Å². The fourth-order valence-corrected chi connectivity index (χ4v) is 1.12. The third-order valence-electron chi connectivity index (χ3n) is 1.78. The molecule has 0 aromatic carbocycles. The summed E-state index contributed by atoms with van der Waals surface area (Å²) in [6, 6.07) is 0. The molecule has 1 aliphatic rings. The van der Waals surface area contributed by atoms with Gasteiger partial charge in [-0.05, 0) is 19.3 Å². The Balaban J connectivity index is 2.72. The van der Waals surface area contributed by atoms with Gasteiger partial charge in [0.15, 0.2) is 0 Å². The molecule has 0 saturated carbocycles. The highest BCUT2D eigenvalue weighted by Gasteiger charge is 1.97. The van der Waals surface area contributed by atoms with E-state index in [9.17, 15) is 0 Å². The summed E-state index contributed by atoms with van der Waals surface area (Å²) in [4.78, 5) is 0. The summed E-state index contributed by atoms with van der Waals surface area (Å²) in [5.74, 6) is 0.648. The van der Waals surface area contributed by atoms with Gasteiger partial charge in [0.1, 0.15) is 0 Å². The third-order valence-corrected chi connectivity index (χ3v) is 1.78. The Morgan fingerprint density at radius 2 is 2.20 bits per heavy atom. The maximum atomic E-state index is 2.31. The van der Waals surface area contributed by atoms with Gasteiger partial charge in [0, 0.05) is 0 Å². The summed E-state index contributed by atoms with van der Waals surface area (Å²) in [7, 11) is 0. The minimum absolute atomic E-state index is 0.648. The standard InChI is InChI=1S/C10H14/c1-3-10-7-5-4-6-9(2)8-10/h4-8,10H,3H2,1-2H3. The van der Waals surface area contributed by atoms with E-state index >= 15 is 0 Å². The van der Waals surface area contributed by atoms with E-state index in [1.807, 2.05) is 0 Å². The van der Waals surface area contributed by atoms with Crippen LogP contribution in [0.3, 0.4) is 0 Å². The highest BCUT2D eigenvalue weighted by molar-refractivity contribution is 5.26. The van der Waals surface area contributed by atoms with Crippen molar-refractivity contribution in [1.82, 2.24) is 0 Å². The van der Waals surface area contributed by atoms with E-state index in [1.165, 1.54) is 12.0 Å². The molecule has 0 aromatic heterocycles. The highest BCUT2D eigenvalue weighted by atomic mass is 14.0. The Hall–Kier alpha value is -0.780. The second-order valence-corrected chi connectivity index (χ2v) is 2.73. The summed E-state index contributed by atoms with van der Waals surface area (Å²) >= 11 is 0. The molecule has 0 amide bonds. The molecule has 1 rings (SSSR count). The molecule has 10 heavy (non-hydrogen) atoms. The fourth-order valence-electron chi connectivity index (χ4n) is 1.12. The smallest absolute Gasteiger partial charge is 0.00473 e. The molecule has 0 saturated heterocycles. The van der Waals surface area contributed by atoms with Crippen molar-refractivity contribution in [1.29, 1.82) is 0 Å². The van der Waals surface area contributed by atoms with Crippen molar-refractivity contribution in [3.8, 4) is 0 Å². The first kappa shape index (κ1) is 7.33. The molecule has 0 heteroatoms. The summed E-state index contributed by atoms with van der Waals surface area (Å²) in [6.07, 6.45) is 12.1. The van der Waals surface area contributed by atoms with Crippen LogP contribution in [0.2, 0.25) is 0 Å². The Kier molecular flexibility index (Phi) is 2.49. The predicted octanol–water partition coefficient (Wildman–Crippen LogP) is 3.08. The normalized spacial score (nSPS) is 24.2. The van der Waals surface area contributed by atoms with E-state index < -0.39 is 0 Å². The molecular formula is C10H14. The van der Waals surface area contributed by atoms with Crippen LogP contribution in [-0.4, -0.2) is 0 Å². The van der Waals surface area contributed by atoms with Crippen molar-refractivity contribution in [2.24, 2.45) is 5.92 Å². The molecule has 0 fully saturated rings. The molecule has 0 N–H and O–H groups in total. The van der Waals surface area contributed by atoms with Crippen LogP contribution in [0.25, 0.3) is 0 Å². The summed E-state index contributed by atoms with van der Waals surface area (Å²) in [6.45, 7) is 4.36. The molecule has 0 radical (unpaired) electrons. The van der Waals surface area contributed by atoms with Gasteiger partial charge >= 0.3 is 0 Å². The van der Waals surface area contributed by atoms with Gasteiger partial charge in [0.05, 0.1) is 0 Å². The molecule has 0 bridgehead atoms. The van der Waals surface area contributed by atoms with Gasteiger partial charge < -0.3 is 0 Å². The van der Waals surface area contributed by atoms with Crippen molar-refractivity contribution in [3.63, 3.8) is 0 Å². The van der Waals surface area contributed by atoms with Crippen LogP contribution >= 0.6 is 0 Å². The van der Waals surface area contributed by atoms with E-state index in [1.54, 1.807) is 0 Å². The minimum atomic E-state index is 0.648. The Bertz CT molecular complexity index is 182. The highest BCUT2D eigenvalue weighted by Crippen LogP contribution is 2.13. The zero-order chi connectivity index (χ0) is 7.40. The predicted molar refractivity (Wildman–Crippen MR) is 45.8 cm³/mol. The molecule has 1 unspecified atom stereocenters. The lowest BCUT2D eigenvalue weighted by atomic mass is 10.0. The van der Waals surface area contributed by atoms with Crippen LogP contribution in [0.1, 0.15) is 20.3 Å². The van der Waals surface area contributed by atoms with Crippen LogP contribution in [0.4, 0.5) is 0 Å². The van der Waals surface area contributed by atoms with Crippen molar-refractivity contribution in [3.05, 3.63) is 36.0 Å². The minimum Gasteiger partial charge on any atom is -0.0776 e. The first-order valence-electron chi connectivity index (χ1n) is 3.86. The van der Waals surface area contributed by atoms with Crippen LogP contribution in [0, 0.1) is 5.92 Å². The zero-order valence-corrected chi connectivity index (χ0v) is 6.67. The summed E-state index contributed by atoms with van der Waals surface area (Å²) in [5.41, 5.74) is 1.37. The van der Waals surface area contributed by atoms with Crippen LogP contribution in [0.15, 0.2) is 36.0 Å². The molecule has 0 heterocycles. The second kappa shape index (κ2) is 3.40. The largest absolute Gasteiger partial charge is 0.0776 e. The lowest BCUT2D eigenvalue weighted by Crippen LogP contribution is -1.87. The third kappa shape index (κ3) is 1.87. The van der Waals surface area contributed by atoms with Gasteiger partial charge in [-0.1, -0.05) is 42.9 Å². The summed E-state index contributed by atoms with van der Waals surface area (Å²) in [5, 5.41) is 0. The van der Waals surface area contributed by atoms with E-state index in [0.717, 1.165) is 0 Å². The lowest BCUT2D eigenvalue weighted by molar-refractivity contribution is 0.771. The van der Waals surface area contributed by atoms with Gasteiger partial charge in [0.25, 0.3) is 0 Å². The SMILES string of the molecule is CCC1C=CC=CC(C)=C1. The molecule has 0 spiro atoms. The van der Waals surface area contributed by atoms with Crippen molar-refractivity contribution >= 4 is 0 Å². The van der Waals surface area contributed by atoms with Gasteiger partial charge in [-0.2, -0.15) is 0 Å². The summed E-state index contributed by atoms with van der Waals surface area (Å²) < 4.78 is 0. The van der Waals surface area contributed by atoms with Crippen molar-refractivity contribution in [2.45, 2.75) is 20.3 Å². The molecule has 0 aromatic rings.